The molecule has 0 radical (unpaired) electrons. The van der Waals surface area contributed by atoms with Crippen LogP contribution in [0.5, 0.6) is 0 Å². The molecular weight excluding hydrogens is 448 g/mol. The van der Waals surface area contributed by atoms with E-state index in [4.69, 9.17) is 17.0 Å². The molecule has 0 aliphatic carbocycles. The van der Waals surface area contributed by atoms with E-state index in [1.54, 1.807) is 6.92 Å². The Bertz CT molecular complexity index is 1240. The molecule has 0 aliphatic heterocycles. The minimum absolute atomic E-state index is 0.310. The smallest absolute Gasteiger partial charge is 0.341 e. The summed E-state index contributed by atoms with van der Waals surface area (Å²) in [6, 6.07) is 30.2. The molecule has 0 aliphatic rings. The Kier molecular flexibility index (Phi) is 7.50. The summed E-state index contributed by atoms with van der Waals surface area (Å²) in [5.74, 6) is -0.370. The number of hydrogen-bond acceptors (Lipinski definition) is 4. The van der Waals surface area contributed by atoms with Gasteiger partial charge in [0.15, 0.2) is 5.11 Å². The molecule has 0 fully saturated rings. The predicted molar refractivity (Wildman–Crippen MR) is 141 cm³/mol. The van der Waals surface area contributed by atoms with Crippen molar-refractivity contribution in [3.05, 3.63) is 108 Å². The van der Waals surface area contributed by atoms with Crippen LogP contribution < -0.4 is 10.6 Å². The molecule has 6 heteroatoms. The summed E-state index contributed by atoms with van der Waals surface area (Å²) in [5, 5.41) is 7.60. The molecule has 0 atom stereocenters. The standard InChI is InChI=1S/C27H24N2O2S2/c1-2-31-26(30)22-18-24(20-13-7-4-8-14-20)33-25(22)29-27(32)28-23-16-10-9-15-21(23)17-19-11-5-3-6-12-19/h3-16,18H,2,17H2,1H3,(H2,28,29,32). The first-order valence-corrected chi connectivity index (χ1v) is 11.9. The fourth-order valence-electron chi connectivity index (χ4n) is 3.46. The molecule has 0 saturated carbocycles. The fraction of sp³-hybridized carbons (Fsp3) is 0.111. The van der Waals surface area contributed by atoms with Gasteiger partial charge < -0.3 is 15.4 Å². The van der Waals surface area contributed by atoms with Gasteiger partial charge in [-0.05, 0) is 54.4 Å². The summed E-state index contributed by atoms with van der Waals surface area (Å²) in [6.45, 7) is 2.11. The highest BCUT2D eigenvalue weighted by Gasteiger charge is 2.19. The maximum atomic E-state index is 12.6. The second kappa shape index (κ2) is 10.9. The molecule has 33 heavy (non-hydrogen) atoms. The topological polar surface area (TPSA) is 50.4 Å². The fourth-order valence-corrected chi connectivity index (χ4v) is 4.79. The molecule has 166 valence electrons. The minimum atomic E-state index is -0.370. The van der Waals surface area contributed by atoms with E-state index in [1.165, 1.54) is 16.9 Å². The maximum Gasteiger partial charge on any atom is 0.341 e. The van der Waals surface area contributed by atoms with E-state index in [0.717, 1.165) is 28.1 Å². The lowest BCUT2D eigenvalue weighted by Gasteiger charge is -2.14. The highest BCUT2D eigenvalue weighted by Crippen LogP contribution is 2.36. The van der Waals surface area contributed by atoms with Crippen molar-refractivity contribution in [2.24, 2.45) is 0 Å². The molecule has 4 aromatic rings. The van der Waals surface area contributed by atoms with Gasteiger partial charge in [-0.15, -0.1) is 11.3 Å². The van der Waals surface area contributed by atoms with Crippen molar-refractivity contribution in [2.75, 3.05) is 17.2 Å². The zero-order chi connectivity index (χ0) is 23.0. The van der Waals surface area contributed by atoms with Crippen molar-refractivity contribution in [1.82, 2.24) is 0 Å². The summed E-state index contributed by atoms with van der Waals surface area (Å²) in [4.78, 5) is 13.6. The Labute approximate surface area is 203 Å². The van der Waals surface area contributed by atoms with Gasteiger partial charge in [0.1, 0.15) is 5.00 Å². The second-order valence-corrected chi connectivity index (χ2v) is 8.80. The predicted octanol–water partition coefficient (Wildman–Crippen LogP) is 6.99. The zero-order valence-corrected chi connectivity index (χ0v) is 19.8. The molecule has 0 bridgehead atoms. The van der Waals surface area contributed by atoms with Crippen LogP contribution in [0, 0.1) is 0 Å². The van der Waals surface area contributed by atoms with Crippen LogP contribution in [-0.2, 0) is 11.2 Å². The van der Waals surface area contributed by atoms with Gasteiger partial charge >= 0.3 is 5.97 Å². The molecule has 0 saturated heterocycles. The average molecular weight is 473 g/mol. The summed E-state index contributed by atoms with van der Waals surface area (Å²) in [6.07, 6.45) is 0.790. The third kappa shape index (κ3) is 5.86. The summed E-state index contributed by atoms with van der Waals surface area (Å²) < 4.78 is 5.27. The normalized spacial score (nSPS) is 10.5. The SMILES string of the molecule is CCOC(=O)c1cc(-c2ccccc2)sc1NC(=S)Nc1ccccc1Cc1ccccc1. The molecule has 0 spiro atoms. The molecule has 1 heterocycles. The number of para-hydroxylation sites is 1. The Balaban J connectivity index is 1.55. The molecule has 4 rings (SSSR count). The molecule has 4 nitrogen and oxygen atoms in total. The number of carbonyl (C=O) groups is 1. The second-order valence-electron chi connectivity index (χ2n) is 7.34. The first kappa shape index (κ1) is 22.7. The number of thiophene rings is 1. The summed E-state index contributed by atoms with van der Waals surface area (Å²) >= 11 is 7.08. The Morgan fingerprint density at radius 1 is 0.909 bits per heavy atom. The number of carbonyl (C=O) groups excluding carboxylic acids is 1. The van der Waals surface area contributed by atoms with E-state index >= 15 is 0 Å². The highest BCUT2D eigenvalue weighted by molar-refractivity contribution is 7.80. The van der Waals surface area contributed by atoms with Crippen molar-refractivity contribution in [2.45, 2.75) is 13.3 Å². The largest absolute Gasteiger partial charge is 0.462 e. The highest BCUT2D eigenvalue weighted by atomic mass is 32.1. The number of esters is 1. The number of thiocarbonyl (C=S) groups is 1. The van der Waals surface area contributed by atoms with Crippen molar-refractivity contribution in [3.63, 3.8) is 0 Å². The van der Waals surface area contributed by atoms with Crippen LogP contribution in [0.3, 0.4) is 0 Å². The van der Waals surface area contributed by atoms with E-state index in [0.29, 0.717) is 22.3 Å². The van der Waals surface area contributed by atoms with E-state index in [2.05, 4.69) is 28.8 Å². The lowest BCUT2D eigenvalue weighted by Crippen LogP contribution is -2.20. The van der Waals surface area contributed by atoms with Gasteiger partial charge in [0.25, 0.3) is 0 Å². The number of rotatable bonds is 7. The first-order valence-electron chi connectivity index (χ1n) is 10.7. The third-order valence-corrected chi connectivity index (χ3v) is 6.32. The zero-order valence-electron chi connectivity index (χ0n) is 18.2. The Morgan fingerprint density at radius 2 is 1.58 bits per heavy atom. The maximum absolute atomic E-state index is 12.6. The van der Waals surface area contributed by atoms with Gasteiger partial charge in [0.2, 0.25) is 0 Å². The molecule has 0 amide bonds. The van der Waals surface area contributed by atoms with Crippen molar-refractivity contribution in [3.8, 4) is 10.4 Å². The van der Waals surface area contributed by atoms with Crippen LogP contribution in [0.2, 0.25) is 0 Å². The molecule has 3 aromatic carbocycles. The molecule has 2 N–H and O–H groups in total. The van der Waals surface area contributed by atoms with Crippen molar-refractivity contribution in [1.29, 1.82) is 0 Å². The van der Waals surface area contributed by atoms with Crippen molar-refractivity contribution < 1.29 is 9.53 Å². The van der Waals surface area contributed by atoms with Crippen LogP contribution >= 0.6 is 23.6 Å². The third-order valence-electron chi connectivity index (χ3n) is 5.02. The quantitative estimate of drug-likeness (QED) is 0.224. The van der Waals surface area contributed by atoms with E-state index < -0.39 is 0 Å². The van der Waals surface area contributed by atoms with Crippen LogP contribution in [0.4, 0.5) is 10.7 Å². The van der Waals surface area contributed by atoms with E-state index in [1.807, 2.05) is 72.8 Å². The summed E-state index contributed by atoms with van der Waals surface area (Å²) in [5.41, 5.74) is 4.79. The van der Waals surface area contributed by atoms with E-state index in [-0.39, 0.29) is 5.97 Å². The molecule has 1 aromatic heterocycles. The Morgan fingerprint density at radius 3 is 2.30 bits per heavy atom. The van der Waals surface area contributed by atoms with Crippen LogP contribution in [0.25, 0.3) is 10.4 Å². The first-order chi connectivity index (χ1) is 16.1. The van der Waals surface area contributed by atoms with Crippen LogP contribution in [0.15, 0.2) is 91.0 Å². The lowest BCUT2D eigenvalue weighted by molar-refractivity contribution is 0.0528. The summed E-state index contributed by atoms with van der Waals surface area (Å²) in [7, 11) is 0. The number of hydrogen-bond donors (Lipinski definition) is 2. The van der Waals surface area contributed by atoms with Crippen LogP contribution in [0.1, 0.15) is 28.4 Å². The number of ether oxygens (including phenoxy) is 1. The monoisotopic (exact) mass is 472 g/mol. The number of anilines is 2. The van der Waals surface area contributed by atoms with Crippen LogP contribution in [-0.4, -0.2) is 17.7 Å². The van der Waals surface area contributed by atoms with Crippen molar-refractivity contribution >= 4 is 45.3 Å². The number of benzene rings is 3. The molecule has 0 unspecified atom stereocenters. The van der Waals surface area contributed by atoms with Gasteiger partial charge in [0, 0.05) is 10.6 Å². The van der Waals surface area contributed by atoms with Gasteiger partial charge in [0.05, 0.1) is 12.2 Å². The Hall–Kier alpha value is -3.48. The number of nitrogens with one attached hydrogen (secondary N) is 2. The molecular formula is C27H24N2O2S2. The van der Waals surface area contributed by atoms with E-state index in [9.17, 15) is 4.79 Å². The minimum Gasteiger partial charge on any atom is -0.462 e. The lowest BCUT2D eigenvalue weighted by atomic mass is 10.0. The van der Waals surface area contributed by atoms with Gasteiger partial charge in [-0.1, -0.05) is 78.9 Å². The van der Waals surface area contributed by atoms with Gasteiger partial charge in [-0.3, -0.25) is 0 Å². The van der Waals surface area contributed by atoms with Gasteiger partial charge in [-0.2, -0.15) is 0 Å². The van der Waals surface area contributed by atoms with Gasteiger partial charge in [-0.25, -0.2) is 4.79 Å². The average Bonchev–Trinajstić information content (AvgIpc) is 3.25.